The predicted octanol–water partition coefficient (Wildman–Crippen LogP) is 0.819. The molecular weight excluding hydrogens is 298 g/mol. The van der Waals surface area contributed by atoms with Gasteiger partial charge in [0.25, 0.3) is 0 Å². The molecule has 0 atom stereocenters. The lowest BCUT2D eigenvalue weighted by atomic mass is 10.4. The van der Waals surface area contributed by atoms with E-state index in [2.05, 4.69) is 41.2 Å². The Morgan fingerprint density at radius 1 is 1.44 bits per heavy atom. The summed E-state index contributed by atoms with van der Waals surface area (Å²) in [5.74, 6) is 0.782. The number of nitrogens with one attached hydrogen (secondary N) is 1. The third-order valence-corrected chi connectivity index (χ3v) is 2.89. The van der Waals surface area contributed by atoms with E-state index in [1.54, 1.807) is 17.1 Å². The molecule has 0 aliphatic heterocycles. The molecule has 3 aromatic heterocycles. The van der Waals surface area contributed by atoms with E-state index >= 15 is 0 Å². The molecule has 0 saturated heterocycles. The molecule has 3 heterocycles. The van der Waals surface area contributed by atoms with Gasteiger partial charge in [0, 0.05) is 17.2 Å². The van der Waals surface area contributed by atoms with Crippen LogP contribution in [0.25, 0.3) is 11.2 Å². The Kier molecular flexibility index (Phi) is 2.80. The minimum atomic E-state index is 0.384. The Labute approximate surface area is 111 Å². The van der Waals surface area contributed by atoms with Gasteiger partial charge in [-0.15, -0.1) is 5.10 Å². The number of H-pyrrole nitrogens is 1. The highest BCUT2D eigenvalue weighted by atomic mass is 79.9. The van der Waals surface area contributed by atoms with Crippen molar-refractivity contribution in [3.63, 3.8) is 0 Å². The second-order valence-electron chi connectivity index (χ2n) is 3.82. The molecule has 0 saturated carbocycles. The van der Waals surface area contributed by atoms with Crippen molar-refractivity contribution in [1.82, 2.24) is 29.9 Å². The molecule has 0 aliphatic carbocycles. The zero-order valence-electron chi connectivity index (χ0n) is 9.34. The van der Waals surface area contributed by atoms with Crippen molar-refractivity contribution in [2.45, 2.75) is 13.1 Å². The second kappa shape index (κ2) is 4.46. The molecule has 0 bridgehead atoms. The number of fused-ring (bicyclic) bond motifs is 1. The highest BCUT2D eigenvalue weighted by molar-refractivity contribution is 9.10. The summed E-state index contributed by atoms with van der Waals surface area (Å²) in [5.41, 5.74) is 7.81. The van der Waals surface area contributed by atoms with E-state index in [4.69, 9.17) is 5.73 Å². The first-order valence-corrected chi connectivity index (χ1v) is 6.13. The van der Waals surface area contributed by atoms with Gasteiger partial charge in [-0.05, 0) is 22.0 Å². The lowest BCUT2D eigenvalue weighted by Crippen LogP contribution is -2.02. The maximum absolute atomic E-state index is 5.48. The van der Waals surface area contributed by atoms with Crippen LogP contribution in [0, 0.1) is 0 Å². The first-order chi connectivity index (χ1) is 8.74. The van der Waals surface area contributed by atoms with Crippen LogP contribution < -0.4 is 5.73 Å². The SMILES string of the molecule is NCc1cn(Cc2nc3ncc(Br)cc3[nH]2)nn1. The zero-order valence-corrected chi connectivity index (χ0v) is 10.9. The average molecular weight is 308 g/mol. The zero-order chi connectivity index (χ0) is 12.5. The molecule has 3 aromatic rings. The van der Waals surface area contributed by atoms with Gasteiger partial charge in [-0.25, -0.2) is 14.6 Å². The fraction of sp³-hybridized carbons (Fsp3) is 0.200. The fourth-order valence-electron chi connectivity index (χ4n) is 1.66. The van der Waals surface area contributed by atoms with E-state index in [-0.39, 0.29) is 0 Å². The number of pyridine rings is 1. The molecule has 3 rings (SSSR count). The molecule has 8 heteroatoms. The minimum absolute atomic E-state index is 0.384. The molecule has 0 spiro atoms. The summed E-state index contributed by atoms with van der Waals surface area (Å²) in [6, 6.07) is 1.94. The standard InChI is InChI=1S/C10H10BrN7/c11-6-1-8-10(13-3-6)15-9(14-8)5-18-4-7(2-12)16-17-18/h1,3-4H,2,5,12H2,(H,13,14,15). The van der Waals surface area contributed by atoms with E-state index in [1.807, 2.05) is 6.07 Å². The van der Waals surface area contributed by atoms with Crippen molar-refractivity contribution >= 4 is 27.1 Å². The molecular formula is C10H10BrN7. The molecule has 0 fully saturated rings. The number of halogens is 1. The summed E-state index contributed by atoms with van der Waals surface area (Å²) in [4.78, 5) is 11.8. The van der Waals surface area contributed by atoms with Crippen molar-refractivity contribution in [3.8, 4) is 0 Å². The smallest absolute Gasteiger partial charge is 0.177 e. The van der Waals surface area contributed by atoms with Crippen LogP contribution >= 0.6 is 15.9 Å². The van der Waals surface area contributed by atoms with Crippen LogP contribution in [0.15, 0.2) is 22.9 Å². The highest BCUT2D eigenvalue weighted by Crippen LogP contribution is 2.15. The van der Waals surface area contributed by atoms with E-state index in [0.717, 1.165) is 21.5 Å². The van der Waals surface area contributed by atoms with Crippen LogP contribution in [0.2, 0.25) is 0 Å². The molecule has 7 nitrogen and oxygen atoms in total. The number of nitrogens with zero attached hydrogens (tertiary/aromatic N) is 5. The predicted molar refractivity (Wildman–Crippen MR) is 68.6 cm³/mol. The number of rotatable bonds is 3. The van der Waals surface area contributed by atoms with E-state index < -0.39 is 0 Å². The lowest BCUT2D eigenvalue weighted by Gasteiger charge is -1.94. The normalized spacial score (nSPS) is 11.2. The van der Waals surface area contributed by atoms with Gasteiger partial charge in [-0.2, -0.15) is 0 Å². The number of aromatic nitrogens is 6. The molecule has 3 N–H and O–H groups in total. The van der Waals surface area contributed by atoms with Crippen LogP contribution in [0.4, 0.5) is 0 Å². The van der Waals surface area contributed by atoms with Gasteiger partial charge in [0.15, 0.2) is 5.65 Å². The summed E-state index contributed by atoms with van der Waals surface area (Å²) in [6.45, 7) is 0.898. The van der Waals surface area contributed by atoms with Crippen LogP contribution in [0.5, 0.6) is 0 Å². The van der Waals surface area contributed by atoms with Gasteiger partial charge in [0.05, 0.1) is 17.4 Å². The van der Waals surface area contributed by atoms with Crippen molar-refractivity contribution in [3.05, 3.63) is 34.5 Å². The van der Waals surface area contributed by atoms with Crippen molar-refractivity contribution < 1.29 is 0 Å². The maximum Gasteiger partial charge on any atom is 0.177 e. The van der Waals surface area contributed by atoms with Crippen LogP contribution in [-0.4, -0.2) is 29.9 Å². The van der Waals surface area contributed by atoms with E-state index in [9.17, 15) is 0 Å². The number of hydrogen-bond acceptors (Lipinski definition) is 5. The van der Waals surface area contributed by atoms with E-state index in [1.165, 1.54) is 0 Å². The molecule has 92 valence electrons. The Morgan fingerprint density at radius 2 is 2.33 bits per heavy atom. The van der Waals surface area contributed by atoms with Gasteiger partial charge in [-0.3, -0.25) is 0 Å². The van der Waals surface area contributed by atoms with Gasteiger partial charge in [0.1, 0.15) is 12.4 Å². The summed E-state index contributed by atoms with van der Waals surface area (Å²) in [6.07, 6.45) is 3.52. The molecule has 0 amide bonds. The number of hydrogen-bond donors (Lipinski definition) is 2. The minimum Gasteiger partial charge on any atom is -0.339 e. The Balaban J connectivity index is 1.90. The lowest BCUT2D eigenvalue weighted by molar-refractivity contribution is 0.630. The van der Waals surface area contributed by atoms with Gasteiger partial charge < -0.3 is 10.7 Å². The van der Waals surface area contributed by atoms with Crippen molar-refractivity contribution in [2.24, 2.45) is 5.73 Å². The third-order valence-electron chi connectivity index (χ3n) is 2.46. The Morgan fingerprint density at radius 3 is 3.11 bits per heavy atom. The molecule has 0 unspecified atom stereocenters. The van der Waals surface area contributed by atoms with Crippen LogP contribution in [0.3, 0.4) is 0 Å². The number of aromatic amines is 1. The average Bonchev–Trinajstić information content (AvgIpc) is 2.95. The summed E-state index contributed by atoms with van der Waals surface area (Å²) in [7, 11) is 0. The van der Waals surface area contributed by atoms with Gasteiger partial charge in [-0.1, -0.05) is 5.21 Å². The third kappa shape index (κ3) is 2.12. The quantitative estimate of drug-likeness (QED) is 0.746. The molecule has 18 heavy (non-hydrogen) atoms. The molecule has 0 aliphatic rings. The first-order valence-electron chi connectivity index (χ1n) is 5.34. The molecule has 0 radical (unpaired) electrons. The monoisotopic (exact) mass is 307 g/mol. The first kappa shape index (κ1) is 11.3. The Bertz CT molecular complexity index is 686. The van der Waals surface area contributed by atoms with Crippen molar-refractivity contribution in [1.29, 1.82) is 0 Å². The summed E-state index contributed by atoms with van der Waals surface area (Å²) in [5, 5.41) is 7.89. The molecule has 0 aromatic carbocycles. The van der Waals surface area contributed by atoms with Gasteiger partial charge >= 0.3 is 0 Å². The second-order valence-corrected chi connectivity index (χ2v) is 4.74. The maximum atomic E-state index is 5.48. The number of nitrogens with two attached hydrogens (primary N) is 1. The largest absolute Gasteiger partial charge is 0.339 e. The summed E-state index contributed by atoms with van der Waals surface area (Å²) < 4.78 is 2.60. The van der Waals surface area contributed by atoms with Crippen LogP contribution in [-0.2, 0) is 13.1 Å². The van der Waals surface area contributed by atoms with Crippen molar-refractivity contribution in [2.75, 3.05) is 0 Å². The summed E-state index contributed by atoms with van der Waals surface area (Å²) >= 11 is 3.37. The van der Waals surface area contributed by atoms with E-state index in [0.29, 0.717) is 18.7 Å². The highest BCUT2D eigenvalue weighted by Gasteiger charge is 2.06. The fourth-order valence-corrected chi connectivity index (χ4v) is 1.99. The topological polar surface area (TPSA) is 98.3 Å². The van der Waals surface area contributed by atoms with Gasteiger partial charge in [0.2, 0.25) is 0 Å². The Hall–Kier alpha value is -1.80. The number of imidazole rings is 1. The van der Waals surface area contributed by atoms with Crippen LogP contribution in [0.1, 0.15) is 11.5 Å².